The number of carboxylic acid groups (broad SMARTS) is 1. The van der Waals surface area contributed by atoms with Gasteiger partial charge in [0.2, 0.25) is 0 Å². The number of thiophene rings is 1. The average Bonchev–Trinajstić information content (AvgIpc) is 2.86. The van der Waals surface area contributed by atoms with Crippen LogP contribution in [0, 0.1) is 13.8 Å². The number of hydrogen-bond acceptors (Lipinski definition) is 5. The minimum Gasteiger partial charge on any atom is -0.496 e. The second-order valence-corrected chi connectivity index (χ2v) is 6.69. The van der Waals surface area contributed by atoms with E-state index in [9.17, 15) is 9.59 Å². The summed E-state index contributed by atoms with van der Waals surface area (Å²) < 4.78 is 6.56. The van der Waals surface area contributed by atoms with Gasteiger partial charge in [-0.15, -0.1) is 11.3 Å². The van der Waals surface area contributed by atoms with Gasteiger partial charge in [-0.2, -0.15) is 0 Å². The van der Waals surface area contributed by atoms with Gasteiger partial charge in [0.1, 0.15) is 17.1 Å². The van der Waals surface area contributed by atoms with Gasteiger partial charge >= 0.3 is 5.97 Å². The van der Waals surface area contributed by atoms with Crippen LogP contribution in [0.15, 0.2) is 29.3 Å². The lowest BCUT2D eigenvalue weighted by atomic mass is 10.0. The summed E-state index contributed by atoms with van der Waals surface area (Å²) in [6, 6.07) is 5.76. The molecule has 0 atom stereocenters. The molecule has 0 saturated heterocycles. The second kappa shape index (κ2) is 6.09. The Bertz CT molecular complexity index is 1000. The van der Waals surface area contributed by atoms with E-state index in [-0.39, 0.29) is 5.56 Å². The lowest BCUT2D eigenvalue weighted by Gasteiger charge is -2.10. The summed E-state index contributed by atoms with van der Waals surface area (Å²) in [5.41, 5.74) is 2.26. The van der Waals surface area contributed by atoms with Gasteiger partial charge in [-0.1, -0.05) is 11.6 Å². The van der Waals surface area contributed by atoms with E-state index in [1.807, 2.05) is 32.0 Å². The van der Waals surface area contributed by atoms with Gasteiger partial charge in [0.05, 0.1) is 18.8 Å². The van der Waals surface area contributed by atoms with Crippen molar-refractivity contribution < 1.29 is 14.6 Å². The monoisotopic (exact) mass is 344 g/mol. The summed E-state index contributed by atoms with van der Waals surface area (Å²) in [6.45, 7) is 3.47. The largest absolute Gasteiger partial charge is 0.496 e. The predicted molar refractivity (Wildman–Crippen MR) is 93.0 cm³/mol. The topological polar surface area (TPSA) is 81.4 Å². The standard InChI is InChI=1S/C17H16N2O4S/c1-9-4-5-12(23-3)11(6-9)14-10(2)24-16-15(14)17(22)19(8-18-16)7-13(20)21/h4-6,8H,7H2,1-3H3,(H,20,21). The molecule has 0 aliphatic heterocycles. The first kappa shape index (κ1) is 16.2. The van der Waals surface area contributed by atoms with Crippen LogP contribution in [0.3, 0.4) is 0 Å². The van der Waals surface area contributed by atoms with E-state index >= 15 is 0 Å². The number of aryl methyl sites for hydroxylation is 2. The normalized spacial score (nSPS) is 11.0. The van der Waals surface area contributed by atoms with Crippen LogP contribution in [0.2, 0.25) is 0 Å². The summed E-state index contributed by atoms with van der Waals surface area (Å²) in [5.74, 6) is -0.420. The summed E-state index contributed by atoms with van der Waals surface area (Å²) in [6.07, 6.45) is 1.28. The Labute approximate surface area is 142 Å². The van der Waals surface area contributed by atoms with Gasteiger partial charge in [0.15, 0.2) is 0 Å². The minimum absolute atomic E-state index is 0.356. The molecule has 0 spiro atoms. The first-order valence-corrected chi connectivity index (χ1v) is 8.09. The van der Waals surface area contributed by atoms with E-state index in [4.69, 9.17) is 9.84 Å². The SMILES string of the molecule is COc1ccc(C)cc1-c1c(C)sc2ncn(CC(=O)O)c(=O)c12. The van der Waals surface area contributed by atoms with Crippen LogP contribution in [0.25, 0.3) is 21.3 Å². The zero-order chi connectivity index (χ0) is 17.4. The Morgan fingerprint density at radius 3 is 2.79 bits per heavy atom. The molecule has 3 aromatic rings. The number of hydrogen-bond donors (Lipinski definition) is 1. The Balaban J connectivity index is 2.36. The lowest BCUT2D eigenvalue weighted by molar-refractivity contribution is -0.137. The van der Waals surface area contributed by atoms with E-state index in [0.717, 1.165) is 26.1 Å². The van der Waals surface area contributed by atoms with Crippen molar-refractivity contribution in [3.05, 3.63) is 45.3 Å². The highest BCUT2D eigenvalue weighted by Gasteiger charge is 2.20. The molecule has 1 N–H and O–H groups in total. The summed E-state index contributed by atoms with van der Waals surface area (Å²) in [7, 11) is 1.58. The molecule has 0 fully saturated rings. The maximum absolute atomic E-state index is 12.8. The smallest absolute Gasteiger partial charge is 0.323 e. The minimum atomic E-state index is -1.08. The van der Waals surface area contributed by atoms with Crippen LogP contribution in [0.5, 0.6) is 5.75 Å². The molecule has 2 heterocycles. The number of ether oxygens (including phenoxy) is 1. The fourth-order valence-corrected chi connectivity index (χ4v) is 3.73. The number of fused-ring (bicyclic) bond motifs is 1. The van der Waals surface area contributed by atoms with E-state index in [2.05, 4.69) is 4.98 Å². The van der Waals surface area contributed by atoms with Crippen LogP contribution >= 0.6 is 11.3 Å². The Morgan fingerprint density at radius 1 is 1.38 bits per heavy atom. The highest BCUT2D eigenvalue weighted by molar-refractivity contribution is 7.19. The van der Waals surface area contributed by atoms with Gasteiger partial charge in [-0.25, -0.2) is 4.98 Å². The number of benzene rings is 1. The molecular weight excluding hydrogens is 328 g/mol. The molecule has 0 unspecified atom stereocenters. The van der Waals surface area contributed by atoms with Crippen molar-refractivity contribution in [1.29, 1.82) is 0 Å². The van der Waals surface area contributed by atoms with Crippen molar-refractivity contribution in [1.82, 2.24) is 9.55 Å². The van der Waals surface area contributed by atoms with Gasteiger partial charge < -0.3 is 9.84 Å². The van der Waals surface area contributed by atoms with Gasteiger partial charge in [0.25, 0.3) is 5.56 Å². The summed E-state index contributed by atoms with van der Waals surface area (Å²) in [4.78, 5) is 29.5. The number of carbonyl (C=O) groups is 1. The third-order valence-electron chi connectivity index (χ3n) is 3.78. The molecule has 0 bridgehead atoms. The maximum Gasteiger partial charge on any atom is 0.323 e. The van der Waals surface area contributed by atoms with Crippen molar-refractivity contribution in [2.75, 3.05) is 7.11 Å². The van der Waals surface area contributed by atoms with Crippen LogP contribution in [0.1, 0.15) is 10.4 Å². The molecular formula is C17H16N2O4S. The third-order valence-corrected chi connectivity index (χ3v) is 4.80. The molecule has 2 aromatic heterocycles. The molecule has 7 heteroatoms. The van der Waals surface area contributed by atoms with Crippen molar-refractivity contribution in [3.63, 3.8) is 0 Å². The van der Waals surface area contributed by atoms with Crippen LogP contribution in [-0.2, 0) is 11.3 Å². The molecule has 1 aromatic carbocycles. The first-order chi connectivity index (χ1) is 11.4. The molecule has 24 heavy (non-hydrogen) atoms. The maximum atomic E-state index is 12.8. The molecule has 0 radical (unpaired) electrons. The molecule has 6 nitrogen and oxygen atoms in total. The van der Waals surface area contributed by atoms with E-state index in [1.165, 1.54) is 17.7 Å². The number of carboxylic acids is 1. The lowest BCUT2D eigenvalue weighted by Crippen LogP contribution is -2.24. The van der Waals surface area contributed by atoms with E-state index < -0.39 is 12.5 Å². The fourth-order valence-electron chi connectivity index (χ4n) is 2.74. The van der Waals surface area contributed by atoms with E-state index in [1.54, 1.807) is 7.11 Å². The Morgan fingerprint density at radius 2 is 2.12 bits per heavy atom. The number of methoxy groups -OCH3 is 1. The zero-order valence-corrected chi connectivity index (χ0v) is 14.3. The third kappa shape index (κ3) is 2.67. The van der Waals surface area contributed by atoms with Crippen molar-refractivity contribution in [3.8, 4) is 16.9 Å². The first-order valence-electron chi connectivity index (χ1n) is 7.27. The fraction of sp³-hybridized carbons (Fsp3) is 0.235. The molecule has 124 valence electrons. The Hall–Kier alpha value is -2.67. The number of nitrogens with zero attached hydrogens (tertiary/aromatic N) is 2. The van der Waals surface area contributed by atoms with Crippen molar-refractivity contribution in [2.24, 2.45) is 0 Å². The van der Waals surface area contributed by atoms with Crippen molar-refractivity contribution in [2.45, 2.75) is 20.4 Å². The molecule has 0 amide bonds. The van der Waals surface area contributed by atoms with E-state index in [0.29, 0.717) is 16.0 Å². The predicted octanol–water partition coefficient (Wildman–Crippen LogP) is 2.84. The van der Waals surface area contributed by atoms with Gasteiger partial charge in [-0.05, 0) is 26.0 Å². The quantitative estimate of drug-likeness (QED) is 0.787. The highest BCUT2D eigenvalue weighted by Crippen LogP contribution is 2.40. The van der Waals surface area contributed by atoms with Crippen LogP contribution < -0.4 is 10.3 Å². The van der Waals surface area contributed by atoms with Crippen LogP contribution in [0.4, 0.5) is 0 Å². The molecule has 0 saturated carbocycles. The number of aromatic nitrogens is 2. The van der Waals surface area contributed by atoms with Crippen molar-refractivity contribution >= 4 is 27.5 Å². The average molecular weight is 344 g/mol. The summed E-state index contributed by atoms with van der Waals surface area (Å²) >= 11 is 1.41. The second-order valence-electron chi connectivity index (χ2n) is 5.49. The molecule has 3 rings (SSSR count). The highest BCUT2D eigenvalue weighted by atomic mass is 32.1. The van der Waals surface area contributed by atoms with Gasteiger partial charge in [0, 0.05) is 16.0 Å². The van der Waals surface area contributed by atoms with Gasteiger partial charge in [-0.3, -0.25) is 14.2 Å². The summed E-state index contributed by atoms with van der Waals surface area (Å²) in [5, 5.41) is 9.40. The zero-order valence-electron chi connectivity index (χ0n) is 13.5. The Kier molecular flexibility index (Phi) is 4.11. The number of aliphatic carboxylic acids is 1. The number of rotatable bonds is 4. The van der Waals surface area contributed by atoms with Crippen LogP contribution in [-0.4, -0.2) is 27.7 Å². The molecule has 0 aliphatic rings. The molecule has 0 aliphatic carbocycles.